The number of nitrogens with zero attached hydrogens (tertiary/aromatic N) is 2. The fourth-order valence-corrected chi connectivity index (χ4v) is 4.58. The molecule has 2 unspecified atom stereocenters. The highest BCUT2D eigenvalue weighted by atomic mass is 35.5. The maximum atomic E-state index is 13.0. The smallest absolute Gasteiger partial charge is 0.416 e. The third-order valence-electron chi connectivity index (χ3n) is 4.76. The molecule has 31 heavy (non-hydrogen) atoms. The number of furan rings is 1. The molecule has 0 saturated carbocycles. The Labute approximate surface area is 185 Å². The van der Waals surface area contributed by atoms with Crippen LogP contribution in [-0.4, -0.2) is 41.3 Å². The van der Waals surface area contributed by atoms with Crippen LogP contribution in [0.3, 0.4) is 0 Å². The van der Waals surface area contributed by atoms with Crippen LogP contribution in [0.4, 0.5) is 13.2 Å². The van der Waals surface area contributed by atoms with Gasteiger partial charge in [0.25, 0.3) is 5.91 Å². The number of amidine groups is 1. The van der Waals surface area contributed by atoms with Gasteiger partial charge in [-0.3, -0.25) is 4.79 Å². The van der Waals surface area contributed by atoms with Crippen molar-refractivity contribution in [2.24, 2.45) is 4.99 Å². The van der Waals surface area contributed by atoms with Crippen molar-refractivity contribution in [3.63, 3.8) is 0 Å². The van der Waals surface area contributed by atoms with Gasteiger partial charge >= 0.3 is 6.18 Å². The topological polar surface area (TPSA) is 55.0 Å². The van der Waals surface area contributed by atoms with E-state index >= 15 is 0 Å². The lowest BCUT2D eigenvalue weighted by Gasteiger charge is -2.35. The van der Waals surface area contributed by atoms with E-state index in [0.717, 1.165) is 12.1 Å². The number of morpholine rings is 1. The first-order chi connectivity index (χ1) is 14.6. The van der Waals surface area contributed by atoms with Crippen LogP contribution in [0.1, 0.15) is 25.2 Å². The maximum absolute atomic E-state index is 13.0. The molecule has 1 aromatic carbocycles. The van der Waals surface area contributed by atoms with Crippen molar-refractivity contribution in [3.05, 3.63) is 51.6 Å². The summed E-state index contributed by atoms with van der Waals surface area (Å²) in [7, 11) is 0. The molecule has 0 spiro atoms. The Bertz CT molecular complexity index is 1070. The number of carbonyl (C=O) groups is 1. The number of hydrogen-bond acceptors (Lipinski definition) is 5. The molecule has 0 aliphatic carbocycles. The number of hydrogen-bond donors (Lipinski definition) is 0. The highest BCUT2D eigenvalue weighted by Gasteiger charge is 2.32. The van der Waals surface area contributed by atoms with Crippen LogP contribution < -0.4 is 0 Å². The van der Waals surface area contributed by atoms with Crippen LogP contribution in [-0.2, 0) is 15.7 Å². The van der Waals surface area contributed by atoms with E-state index in [1.807, 2.05) is 18.7 Å². The summed E-state index contributed by atoms with van der Waals surface area (Å²) in [6.45, 7) is 5.20. The lowest BCUT2D eigenvalue weighted by atomic mass is 10.1. The van der Waals surface area contributed by atoms with E-state index in [0.29, 0.717) is 28.9 Å². The minimum Gasteiger partial charge on any atom is -0.457 e. The molecular formula is C21H18ClF3N2O3S. The third kappa shape index (κ3) is 4.83. The number of aliphatic imine (C=N–C) groups is 1. The molecule has 2 aromatic rings. The zero-order valence-corrected chi connectivity index (χ0v) is 18.1. The van der Waals surface area contributed by atoms with Crippen molar-refractivity contribution in [3.8, 4) is 11.3 Å². The number of rotatable bonds is 2. The van der Waals surface area contributed by atoms with E-state index in [-0.39, 0.29) is 34.5 Å². The first-order valence-corrected chi connectivity index (χ1v) is 10.7. The highest BCUT2D eigenvalue weighted by Crippen LogP contribution is 2.37. The Morgan fingerprint density at radius 1 is 1.19 bits per heavy atom. The van der Waals surface area contributed by atoms with Crippen molar-refractivity contribution in [2.45, 2.75) is 32.2 Å². The third-order valence-corrected chi connectivity index (χ3v) is 6.13. The quantitative estimate of drug-likeness (QED) is 0.527. The van der Waals surface area contributed by atoms with Crippen LogP contribution in [0.5, 0.6) is 0 Å². The number of ether oxygens (including phenoxy) is 1. The number of thioether (sulfide) groups is 1. The van der Waals surface area contributed by atoms with Gasteiger partial charge in [0.2, 0.25) is 0 Å². The van der Waals surface area contributed by atoms with Gasteiger partial charge < -0.3 is 14.1 Å². The fourth-order valence-electron chi connectivity index (χ4n) is 3.46. The Balaban J connectivity index is 1.54. The lowest BCUT2D eigenvalue weighted by Crippen LogP contribution is -2.47. The van der Waals surface area contributed by atoms with Gasteiger partial charge in [-0.1, -0.05) is 11.6 Å². The molecule has 0 radical (unpaired) electrons. The van der Waals surface area contributed by atoms with E-state index < -0.39 is 11.7 Å². The Kier molecular flexibility index (Phi) is 5.93. The Morgan fingerprint density at radius 2 is 1.90 bits per heavy atom. The molecule has 1 saturated heterocycles. The van der Waals surface area contributed by atoms with Gasteiger partial charge in [0.15, 0.2) is 5.17 Å². The predicted octanol–water partition coefficient (Wildman–Crippen LogP) is 5.70. The molecule has 3 heterocycles. The summed E-state index contributed by atoms with van der Waals surface area (Å²) in [6.07, 6.45) is -2.91. The molecule has 164 valence electrons. The zero-order chi connectivity index (χ0) is 22.3. The predicted molar refractivity (Wildman–Crippen MR) is 114 cm³/mol. The van der Waals surface area contributed by atoms with Gasteiger partial charge in [0.05, 0.1) is 27.7 Å². The van der Waals surface area contributed by atoms with Gasteiger partial charge in [-0.2, -0.15) is 18.2 Å². The summed E-state index contributed by atoms with van der Waals surface area (Å²) < 4.78 is 50.4. The minimum absolute atomic E-state index is 0.0278. The average molecular weight is 471 g/mol. The van der Waals surface area contributed by atoms with Crippen molar-refractivity contribution >= 4 is 40.5 Å². The van der Waals surface area contributed by atoms with E-state index in [1.165, 1.54) is 30.0 Å². The second-order valence-electron chi connectivity index (χ2n) is 7.37. The van der Waals surface area contributed by atoms with Crippen LogP contribution in [0.25, 0.3) is 17.4 Å². The SMILES string of the molecule is CC1CN(C2=NC(=O)C(=Cc3ccc(-c4cc(C(F)(F)F)ccc4Cl)o3)S2)CC(C)O1. The van der Waals surface area contributed by atoms with Crippen LogP contribution in [0.2, 0.25) is 5.02 Å². The largest absolute Gasteiger partial charge is 0.457 e. The first-order valence-electron chi connectivity index (χ1n) is 9.50. The van der Waals surface area contributed by atoms with Crippen molar-refractivity contribution in [1.82, 2.24) is 4.90 Å². The molecule has 1 fully saturated rings. The molecule has 2 aliphatic heterocycles. The average Bonchev–Trinajstić information content (AvgIpc) is 3.28. The number of halogens is 4. The van der Waals surface area contributed by atoms with E-state index in [4.69, 9.17) is 20.8 Å². The van der Waals surface area contributed by atoms with Gasteiger partial charge in [-0.25, -0.2) is 0 Å². The highest BCUT2D eigenvalue weighted by molar-refractivity contribution is 8.18. The summed E-state index contributed by atoms with van der Waals surface area (Å²) in [4.78, 5) is 18.9. The number of alkyl halides is 3. The number of amides is 1. The Hall–Kier alpha value is -2.23. The monoisotopic (exact) mass is 470 g/mol. The van der Waals surface area contributed by atoms with Crippen LogP contribution >= 0.6 is 23.4 Å². The van der Waals surface area contributed by atoms with Gasteiger partial charge in [0.1, 0.15) is 11.5 Å². The lowest BCUT2D eigenvalue weighted by molar-refractivity contribution is -0.137. The molecule has 1 aromatic heterocycles. The van der Waals surface area contributed by atoms with Gasteiger partial charge in [-0.05, 0) is 55.9 Å². The second-order valence-corrected chi connectivity index (χ2v) is 8.78. The molecule has 1 amide bonds. The normalized spacial score (nSPS) is 23.5. The van der Waals surface area contributed by atoms with Crippen molar-refractivity contribution < 1.29 is 27.1 Å². The summed E-state index contributed by atoms with van der Waals surface area (Å²) in [6, 6.07) is 6.13. The number of carbonyl (C=O) groups excluding carboxylic acids is 1. The summed E-state index contributed by atoms with van der Waals surface area (Å²) in [5.41, 5.74) is -0.698. The first kappa shape index (κ1) is 22.0. The molecule has 0 bridgehead atoms. The van der Waals surface area contributed by atoms with Crippen molar-refractivity contribution in [2.75, 3.05) is 13.1 Å². The second kappa shape index (κ2) is 8.37. The number of benzene rings is 1. The van der Waals surface area contributed by atoms with E-state index in [2.05, 4.69) is 4.99 Å². The van der Waals surface area contributed by atoms with Crippen LogP contribution in [0, 0.1) is 0 Å². The van der Waals surface area contributed by atoms with Gasteiger partial charge in [-0.15, -0.1) is 0 Å². The summed E-state index contributed by atoms with van der Waals surface area (Å²) >= 11 is 7.31. The standard InChI is InChI=1S/C21H18ClF3N2O3S/c1-11-9-27(10-12(2)29-11)20-26-19(28)18(31-20)8-14-4-6-17(30-14)15-7-13(21(23,24)25)3-5-16(15)22/h3-8,11-12H,9-10H2,1-2H3. The summed E-state index contributed by atoms with van der Waals surface area (Å²) in [5.74, 6) is 0.108. The Morgan fingerprint density at radius 3 is 2.58 bits per heavy atom. The van der Waals surface area contributed by atoms with Gasteiger partial charge in [0, 0.05) is 24.7 Å². The van der Waals surface area contributed by atoms with Crippen molar-refractivity contribution in [1.29, 1.82) is 0 Å². The fraction of sp³-hybridized carbons (Fsp3) is 0.333. The van der Waals surface area contributed by atoms with E-state index in [1.54, 1.807) is 6.07 Å². The molecule has 0 N–H and O–H groups in total. The molecule has 10 heteroatoms. The van der Waals surface area contributed by atoms with E-state index in [9.17, 15) is 18.0 Å². The van der Waals surface area contributed by atoms with Crippen LogP contribution in [0.15, 0.2) is 44.6 Å². The zero-order valence-electron chi connectivity index (χ0n) is 16.6. The molecule has 2 aliphatic rings. The molecule has 4 rings (SSSR count). The molecular weight excluding hydrogens is 453 g/mol. The molecule has 5 nitrogen and oxygen atoms in total. The minimum atomic E-state index is -4.49. The maximum Gasteiger partial charge on any atom is 0.416 e. The molecule has 2 atom stereocenters. The summed E-state index contributed by atoms with van der Waals surface area (Å²) in [5, 5.41) is 0.736.